The number of aliphatic hydroxyl groups is 2. The van der Waals surface area contributed by atoms with Crippen LogP contribution in [0.2, 0.25) is 0 Å². The zero-order valence-corrected chi connectivity index (χ0v) is 7.87. The highest BCUT2D eigenvalue weighted by molar-refractivity contribution is 4.78. The Kier molecular flexibility index (Phi) is 4.02. The van der Waals surface area contributed by atoms with Gasteiger partial charge in [0.15, 0.2) is 0 Å². The van der Waals surface area contributed by atoms with E-state index >= 15 is 0 Å². The molecule has 2 heteroatoms. The molecule has 1 aliphatic carbocycles. The van der Waals surface area contributed by atoms with Gasteiger partial charge in [0.1, 0.15) is 0 Å². The molecule has 1 fully saturated rings. The summed E-state index contributed by atoms with van der Waals surface area (Å²) >= 11 is 0. The van der Waals surface area contributed by atoms with Gasteiger partial charge in [0.25, 0.3) is 0 Å². The van der Waals surface area contributed by atoms with Crippen molar-refractivity contribution in [2.75, 3.05) is 6.61 Å². The molecule has 72 valence electrons. The predicted octanol–water partition coefficient (Wildman–Crippen LogP) is 1.56. The average Bonchev–Trinajstić information content (AvgIpc) is 2.09. The molecular formula is C10H20O2. The van der Waals surface area contributed by atoms with E-state index in [2.05, 4.69) is 6.92 Å². The summed E-state index contributed by atoms with van der Waals surface area (Å²) in [5, 5.41) is 18.4. The summed E-state index contributed by atoms with van der Waals surface area (Å²) in [6, 6.07) is 0. The molecule has 0 saturated heterocycles. The second-order valence-electron chi connectivity index (χ2n) is 3.93. The lowest BCUT2D eigenvalue weighted by atomic mass is 9.77. The molecule has 0 radical (unpaired) electrons. The van der Waals surface area contributed by atoms with Crippen molar-refractivity contribution in [3.05, 3.63) is 0 Å². The van der Waals surface area contributed by atoms with Gasteiger partial charge in [0.05, 0.1) is 6.10 Å². The lowest BCUT2D eigenvalue weighted by molar-refractivity contribution is 0.0342. The minimum Gasteiger partial charge on any atom is -0.396 e. The fourth-order valence-electron chi connectivity index (χ4n) is 2.19. The first-order chi connectivity index (χ1) is 5.77. The molecule has 1 aliphatic rings. The Balaban J connectivity index is 2.36. The highest BCUT2D eigenvalue weighted by Crippen LogP contribution is 2.32. The lowest BCUT2D eigenvalue weighted by Gasteiger charge is -2.32. The van der Waals surface area contributed by atoms with E-state index in [9.17, 15) is 5.11 Å². The maximum atomic E-state index is 9.60. The Hall–Kier alpha value is -0.0800. The third kappa shape index (κ3) is 2.46. The Morgan fingerprint density at radius 1 is 1.33 bits per heavy atom. The van der Waals surface area contributed by atoms with Gasteiger partial charge in [-0.3, -0.25) is 0 Å². The van der Waals surface area contributed by atoms with Crippen LogP contribution >= 0.6 is 0 Å². The molecule has 12 heavy (non-hydrogen) atoms. The van der Waals surface area contributed by atoms with Crippen LogP contribution in [0.5, 0.6) is 0 Å². The molecule has 2 N–H and O–H groups in total. The summed E-state index contributed by atoms with van der Waals surface area (Å²) < 4.78 is 0. The van der Waals surface area contributed by atoms with Crippen molar-refractivity contribution in [2.24, 2.45) is 11.8 Å². The molecule has 0 heterocycles. The van der Waals surface area contributed by atoms with E-state index in [1.54, 1.807) is 0 Å². The monoisotopic (exact) mass is 172 g/mol. The van der Waals surface area contributed by atoms with Crippen molar-refractivity contribution < 1.29 is 10.2 Å². The number of aliphatic hydroxyl groups excluding tert-OH is 2. The zero-order valence-electron chi connectivity index (χ0n) is 7.87. The van der Waals surface area contributed by atoms with Crippen molar-refractivity contribution in [3.63, 3.8) is 0 Å². The van der Waals surface area contributed by atoms with Crippen molar-refractivity contribution in [1.29, 1.82) is 0 Å². The fraction of sp³-hybridized carbons (Fsp3) is 1.00. The first-order valence-electron chi connectivity index (χ1n) is 5.06. The Labute approximate surface area is 74.6 Å². The molecule has 0 spiro atoms. The van der Waals surface area contributed by atoms with Crippen LogP contribution in [-0.4, -0.2) is 22.9 Å². The van der Waals surface area contributed by atoms with Crippen molar-refractivity contribution in [1.82, 2.24) is 0 Å². The summed E-state index contributed by atoms with van der Waals surface area (Å²) in [7, 11) is 0. The van der Waals surface area contributed by atoms with E-state index in [1.807, 2.05) is 0 Å². The van der Waals surface area contributed by atoms with Gasteiger partial charge in [-0.1, -0.05) is 13.3 Å². The number of hydrogen-bond acceptors (Lipinski definition) is 2. The highest BCUT2D eigenvalue weighted by Gasteiger charge is 2.27. The summed E-state index contributed by atoms with van der Waals surface area (Å²) in [6.45, 7) is 2.43. The molecule has 3 unspecified atom stereocenters. The van der Waals surface area contributed by atoms with Crippen LogP contribution in [0.3, 0.4) is 0 Å². The summed E-state index contributed by atoms with van der Waals surface area (Å²) in [4.78, 5) is 0. The van der Waals surface area contributed by atoms with Gasteiger partial charge in [-0.15, -0.1) is 0 Å². The normalized spacial score (nSPS) is 36.8. The fourth-order valence-corrected chi connectivity index (χ4v) is 2.19. The van der Waals surface area contributed by atoms with Crippen molar-refractivity contribution >= 4 is 0 Å². The van der Waals surface area contributed by atoms with Gasteiger partial charge < -0.3 is 10.2 Å². The third-order valence-electron chi connectivity index (χ3n) is 3.13. The SMILES string of the molecule is CCC1CCC(O)C(CCO)C1. The van der Waals surface area contributed by atoms with E-state index in [0.29, 0.717) is 5.92 Å². The maximum Gasteiger partial charge on any atom is 0.0569 e. The third-order valence-corrected chi connectivity index (χ3v) is 3.13. The molecule has 2 nitrogen and oxygen atoms in total. The standard InChI is InChI=1S/C10H20O2/c1-2-8-3-4-10(12)9(7-8)5-6-11/h8-12H,2-7H2,1H3. The van der Waals surface area contributed by atoms with Gasteiger partial charge >= 0.3 is 0 Å². The summed E-state index contributed by atoms with van der Waals surface area (Å²) in [5.74, 6) is 1.14. The van der Waals surface area contributed by atoms with E-state index in [1.165, 1.54) is 12.8 Å². The topological polar surface area (TPSA) is 40.5 Å². The number of rotatable bonds is 3. The quantitative estimate of drug-likeness (QED) is 0.678. The van der Waals surface area contributed by atoms with Crippen LogP contribution in [0, 0.1) is 11.8 Å². The molecule has 0 bridgehead atoms. The number of hydrogen-bond donors (Lipinski definition) is 2. The van der Waals surface area contributed by atoms with Crippen LogP contribution in [-0.2, 0) is 0 Å². The largest absolute Gasteiger partial charge is 0.396 e. The molecular weight excluding hydrogens is 152 g/mol. The first kappa shape index (κ1) is 10.0. The molecule has 1 saturated carbocycles. The van der Waals surface area contributed by atoms with Gasteiger partial charge in [-0.2, -0.15) is 0 Å². The molecule has 0 aromatic rings. The minimum atomic E-state index is -0.153. The predicted molar refractivity (Wildman–Crippen MR) is 48.8 cm³/mol. The minimum absolute atomic E-state index is 0.153. The second-order valence-corrected chi connectivity index (χ2v) is 3.93. The van der Waals surface area contributed by atoms with Gasteiger partial charge in [-0.25, -0.2) is 0 Å². The summed E-state index contributed by atoms with van der Waals surface area (Å²) in [6.07, 6.45) is 5.05. The van der Waals surface area contributed by atoms with E-state index in [4.69, 9.17) is 5.11 Å². The van der Waals surface area contributed by atoms with Crippen LogP contribution in [0.15, 0.2) is 0 Å². The Morgan fingerprint density at radius 3 is 2.67 bits per heavy atom. The Morgan fingerprint density at radius 2 is 2.08 bits per heavy atom. The second kappa shape index (κ2) is 4.83. The van der Waals surface area contributed by atoms with Gasteiger partial charge in [0.2, 0.25) is 0 Å². The summed E-state index contributed by atoms with van der Waals surface area (Å²) in [5.41, 5.74) is 0. The van der Waals surface area contributed by atoms with Crippen LogP contribution in [0.4, 0.5) is 0 Å². The van der Waals surface area contributed by atoms with Crippen molar-refractivity contribution in [3.8, 4) is 0 Å². The smallest absolute Gasteiger partial charge is 0.0569 e. The van der Waals surface area contributed by atoms with Gasteiger partial charge in [0, 0.05) is 6.61 Å². The molecule has 1 rings (SSSR count). The molecule has 0 amide bonds. The van der Waals surface area contributed by atoms with Crippen LogP contribution < -0.4 is 0 Å². The van der Waals surface area contributed by atoms with E-state index in [0.717, 1.165) is 25.2 Å². The maximum absolute atomic E-state index is 9.60. The van der Waals surface area contributed by atoms with Crippen LogP contribution in [0.25, 0.3) is 0 Å². The Bertz CT molecular complexity index is 125. The van der Waals surface area contributed by atoms with E-state index < -0.39 is 0 Å². The van der Waals surface area contributed by atoms with Crippen molar-refractivity contribution in [2.45, 2.75) is 45.1 Å². The van der Waals surface area contributed by atoms with Crippen LogP contribution in [0.1, 0.15) is 39.0 Å². The molecule has 3 atom stereocenters. The molecule has 0 aliphatic heterocycles. The van der Waals surface area contributed by atoms with E-state index in [-0.39, 0.29) is 12.7 Å². The average molecular weight is 172 g/mol. The highest BCUT2D eigenvalue weighted by atomic mass is 16.3. The first-order valence-corrected chi connectivity index (χ1v) is 5.06. The molecule has 0 aromatic carbocycles. The van der Waals surface area contributed by atoms with Gasteiger partial charge in [-0.05, 0) is 37.5 Å². The lowest BCUT2D eigenvalue weighted by Crippen LogP contribution is -2.29. The zero-order chi connectivity index (χ0) is 8.97. The molecule has 0 aromatic heterocycles.